The van der Waals surface area contributed by atoms with E-state index in [1.165, 1.54) is 10.9 Å². The topological polar surface area (TPSA) is 72.7 Å². The van der Waals surface area contributed by atoms with Gasteiger partial charge in [0.1, 0.15) is 5.52 Å². The third-order valence-corrected chi connectivity index (χ3v) is 3.10. The van der Waals surface area contributed by atoms with E-state index in [9.17, 15) is 9.59 Å². The summed E-state index contributed by atoms with van der Waals surface area (Å²) >= 11 is 0. The average Bonchev–Trinajstić information content (AvgIpc) is 3.01. The molecule has 1 saturated carbocycles. The van der Waals surface area contributed by atoms with Crippen molar-refractivity contribution in [3.05, 3.63) is 27.2 Å². The van der Waals surface area contributed by atoms with Crippen molar-refractivity contribution >= 4 is 11.2 Å². The Bertz CT molecular complexity index is 680. The standard InChI is InChI=1S/C11H14N4O2.H2/c1-2-5-14-9-8(12-6-13-9)10(16)15(11(14)17)7-3-4-7;/h6-7H,2-5H2,1H3,(H,12,13);1H. The quantitative estimate of drug-likeness (QED) is 0.859. The summed E-state index contributed by atoms with van der Waals surface area (Å²) in [4.78, 5) is 31.3. The molecule has 0 spiro atoms. The molecule has 0 aromatic carbocycles. The van der Waals surface area contributed by atoms with Crippen LogP contribution in [0.15, 0.2) is 15.9 Å². The molecule has 3 rings (SSSR count). The van der Waals surface area contributed by atoms with E-state index >= 15 is 0 Å². The maximum Gasteiger partial charge on any atom is 0.332 e. The second kappa shape index (κ2) is 3.58. The molecule has 2 aromatic rings. The predicted molar refractivity (Wildman–Crippen MR) is 65.3 cm³/mol. The fraction of sp³-hybridized carbons (Fsp3) is 0.545. The van der Waals surface area contributed by atoms with Crippen molar-refractivity contribution in [2.75, 3.05) is 0 Å². The highest BCUT2D eigenvalue weighted by Crippen LogP contribution is 2.32. The van der Waals surface area contributed by atoms with E-state index in [4.69, 9.17) is 0 Å². The summed E-state index contributed by atoms with van der Waals surface area (Å²) < 4.78 is 2.96. The summed E-state index contributed by atoms with van der Waals surface area (Å²) in [5.74, 6) is 0. The molecule has 0 aliphatic heterocycles. The maximum atomic E-state index is 12.2. The van der Waals surface area contributed by atoms with Crippen LogP contribution in [0.1, 0.15) is 33.7 Å². The Morgan fingerprint density at radius 3 is 2.94 bits per heavy atom. The van der Waals surface area contributed by atoms with Crippen LogP contribution in [0.2, 0.25) is 0 Å². The molecular weight excluding hydrogens is 220 g/mol. The van der Waals surface area contributed by atoms with Gasteiger partial charge >= 0.3 is 5.69 Å². The van der Waals surface area contributed by atoms with Crippen LogP contribution >= 0.6 is 0 Å². The van der Waals surface area contributed by atoms with Crippen molar-refractivity contribution in [1.29, 1.82) is 0 Å². The molecule has 1 aliphatic carbocycles. The molecule has 0 radical (unpaired) electrons. The molecule has 0 amide bonds. The van der Waals surface area contributed by atoms with Crippen LogP contribution in [0.3, 0.4) is 0 Å². The van der Waals surface area contributed by atoms with Crippen LogP contribution in [0.25, 0.3) is 11.2 Å². The Labute approximate surface area is 98.4 Å². The van der Waals surface area contributed by atoms with Crippen molar-refractivity contribution < 1.29 is 1.43 Å². The number of rotatable bonds is 3. The van der Waals surface area contributed by atoms with E-state index in [-0.39, 0.29) is 18.7 Å². The summed E-state index contributed by atoms with van der Waals surface area (Å²) in [6.45, 7) is 2.59. The maximum absolute atomic E-state index is 12.2. The summed E-state index contributed by atoms with van der Waals surface area (Å²) in [5, 5.41) is 0. The van der Waals surface area contributed by atoms with Gasteiger partial charge in [-0.3, -0.25) is 13.9 Å². The minimum absolute atomic E-state index is 0. The SMILES string of the molecule is CCCn1c(=O)n(C2CC2)c(=O)c2[nH]cnc21.[HH]. The predicted octanol–water partition coefficient (Wildman–Crippen LogP) is 0.877. The highest BCUT2D eigenvalue weighted by molar-refractivity contribution is 5.68. The van der Waals surface area contributed by atoms with Gasteiger partial charge in [0.2, 0.25) is 0 Å². The third-order valence-electron chi connectivity index (χ3n) is 3.10. The molecule has 0 bridgehead atoms. The molecule has 1 aliphatic rings. The lowest BCUT2D eigenvalue weighted by molar-refractivity contribution is 0.571. The molecule has 92 valence electrons. The van der Waals surface area contributed by atoms with Gasteiger partial charge in [-0.05, 0) is 19.3 Å². The van der Waals surface area contributed by atoms with E-state index in [0.717, 1.165) is 19.3 Å². The number of aryl methyl sites for hydroxylation is 1. The molecule has 2 aromatic heterocycles. The normalized spacial score (nSPS) is 15.6. The van der Waals surface area contributed by atoms with E-state index in [1.54, 1.807) is 4.57 Å². The van der Waals surface area contributed by atoms with E-state index in [2.05, 4.69) is 9.97 Å². The summed E-state index contributed by atoms with van der Waals surface area (Å²) in [6.07, 6.45) is 4.14. The number of H-pyrrole nitrogens is 1. The fourth-order valence-electron chi connectivity index (χ4n) is 2.16. The van der Waals surface area contributed by atoms with Gasteiger partial charge in [-0.2, -0.15) is 0 Å². The molecule has 1 fully saturated rings. The van der Waals surface area contributed by atoms with Crippen LogP contribution in [0.5, 0.6) is 0 Å². The molecule has 17 heavy (non-hydrogen) atoms. The van der Waals surface area contributed by atoms with Gasteiger partial charge in [-0.15, -0.1) is 0 Å². The lowest BCUT2D eigenvalue weighted by Crippen LogP contribution is -2.39. The molecule has 0 atom stereocenters. The van der Waals surface area contributed by atoms with E-state index in [1.807, 2.05) is 6.92 Å². The minimum Gasteiger partial charge on any atom is -0.339 e. The number of nitrogens with zero attached hydrogens (tertiary/aromatic N) is 3. The van der Waals surface area contributed by atoms with Crippen LogP contribution < -0.4 is 11.2 Å². The van der Waals surface area contributed by atoms with Crippen molar-refractivity contribution in [2.45, 2.75) is 38.8 Å². The number of imidazole rings is 1. The average molecular weight is 236 g/mol. The van der Waals surface area contributed by atoms with Gasteiger partial charge in [0.05, 0.1) is 6.33 Å². The molecule has 6 nitrogen and oxygen atoms in total. The highest BCUT2D eigenvalue weighted by Gasteiger charge is 2.29. The molecule has 0 unspecified atom stereocenters. The molecule has 1 N–H and O–H groups in total. The highest BCUT2D eigenvalue weighted by atomic mass is 16.2. The minimum atomic E-state index is -0.239. The second-order valence-electron chi connectivity index (χ2n) is 4.44. The number of nitrogens with one attached hydrogen (secondary N) is 1. The number of aromatic nitrogens is 4. The monoisotopic (exact) mass is 236 g/mol. The Kier molecular flexibility index (Phi) is 2.17. The lowest BCUT2D eigenvalue weighted by Gasteiger charge is -2.09. The van der Waals surface area contributed by atoms with Gasteiger partial charge in [0, 0.05) is 14.0 Å². The zero-order valence-electron chi connectivity index (χ0n) is 9.64. The molecular formula is C11H16N4O2. The number of fused-ring (bicyclic) bond motifs is 1. The Morgan fingerprint density at radius 1 is 1.53 bits per heavy atom. The van der Waals surface area contributed by atoms with Gasteiger partial charge in [-0.25, -0.2) is 9.78 Å². The summed E-state index contributed by atoms with van der Waals surface area (Å²) in [6, 6.07) is 0.0887. The van der Waals surface area contributed by atoms with Crippen molar-refractivity contribution in [1.82, 2.24) is 19.1 Å². The summed E-state index contributed by atoms with van der Waals surface area (Å²) in [7, 11) is 0. The first-order valence-electron chi connectivity index (χ1n) is 5.92. The first-order chi connectivity index (χ1) is 8.24. The van der Waals surface area contributed by atoms with E-state index in [0.29, 0.717) is 17.7 Å². The van der Waals surface area contributed by atoms with E-state index < -0.39 is 0 Å². The number of hydrogen-bond donors (Lipinski definition) is 1. The lowest BCUT2D eigenvalue weighted by atomic mass is 10.4. The smallest absolute Gasteiger partial charge is 0.332 e. The largest absolute Gasteiger partial charge is 0.339 e. The Morgan fingerprint density at radius 2 is 2.29 bits per heavy atom. The second-order valence-corrected chi connectivity index (χ2v) is 4.44. The summed E-state index contributed by atoms with van der Waals surface area (Å²) in [5.41, 5.74) is 0.444. The molecule has 6 heteroatoms. The fourth-order valence-corrected chi connectivity index (χ4v) is 2.16. The molecule has 2 heterocycles. The zero-order valence-corrected chi connectivity index (χ0v) is 9.64. The number of aromatic amines is 1. The van der Waals surface area contributed by atoms with Gasteiger partial charge in [-0.1, -0.05) is 6.92 Å². The van der Waals surface area contributed by atoms with Crippen molar-refractivity contribution in [3.63, 3.8) is 0 Å². The molecule has 0 saturated heterocycles. The Hall–Kier alpha value is -1.85. The van der Waals surface area contributed by atoms with Crippen LogP contribution in [-0.2, 0) is 6.54 Å². The van der Waals surface area contributed by atoms with Crippen molar-refractivity contribution in [2.24, 2.45) is 0 Å². The van der Waals surface area contributed by atoms with Gasteiger partial charge < -0.3 is 4.98 Å². The third kappa shape index (κ3) is 1.44. The first-order valence-corrected chi connectivity index (χ1v) is 5.92. The van der Waals surface area contributed by atoms with Crippen LogP contribution in [0, 0.1) is 0 Å². The number of hydrogen-bond acceptors (Lipinski definition) is 3. The van der Waals surface area contributed by atoms with Crippen molar-refractivity contribution in [3.8, 4) is 0 Å². The van der Waals surface area contributed by atoms with Gasteiger partial charge in [0.15, 0.2) is 5.65 Å². The van der Waals surface area contributed by atoms with Crippen LogP contribution in [-0.4, -0.2) is 19.1 Å². The zero-order chi connectivity index (χ0) is 12.0. The van der Waals surface area contributed by atoms with Crippen LogP contribution in [0.4, 0.5) is 0 Å². The Balaban J connectivity index is 0.00000120. The first kappa shape index (κ1) is 10.3. The van der Waals surface area contributed by atoms with Gasteiger partial charge in [0.25, 0.3) is 5.56 Å².